The number of amides is 1. The minimum Gasteiger partial charge on any atom is -0.477 e. The summed E-state index contributed by atoms with van der Waals surface area (Å²) in [5, 5.41) is 7.85. The van der Waals surface area contributed by atoms with Gasteiger partial charge in [-0.15, -0.1) is 0 Å². The van der Waals surface area contributed by atoms with Crippen molar-refractivity contribution < 1.29 is 9.53 Å². The summed E-state index contributed by atoms with van der Waals surface area (Å²) in [7, 11) is 1.88. The quantitative estimate of drug-likeness (QED) is 0.486. The number of benzene rings is 1. The number of pyridine rings is 1. The summed E-state index contributed by atoms with van der Waals surface area (Å²) >= 11 is 0. The van der Waals surface area contributed by atoms with Crippen molar-refractivity contribution >= 4 is 23.2 Å². The van der Waals surface area contributed by atoms with E-state index in [0.717, 1.165) is 54.9 Å². The van der Waals surface area contributed by atoms with Crippen molar-refractivity contribution in [2.75, 3.05) is 23.4 Å². The lowest BCUT2D eigenvalue weighted by molar-refractivity contribution is 0.100. The zero-order valence-electron chi connectivity index (χ0n) is 22.0. The van der Waals surface area contributed by atoms with E-state index in [1.165, 1.54) is 5.56 Å². The van der Waals surface area contributed by atoms with Crippen molar-refractivity contribution in [1.29, 1.82) is 0 Å². The van der Waals surface area contributed by atoms with Gasteiger partial charge in [0.15, 0.2) is 0 Å². The van der Waals surface area contributed by atoms with Gasteiger partial charge in [-0.1, -0.05) is 26.8 Å². The van der Waals surface area contributed by atoms with Crippen LogP contribution in [0.1, 0.15) is 79.9 Å². The maximum Gasteiger partial charge on any atom is 0.280 e. The Hall–Kier alpha value is -3.68. The number of rotatable bonds is 2. The van der Waals surface area contributed by atoms with Crippen LogP contribution in [0, 0.1) is 5.92 Å². The van der Waals surface area contributed by atoms with Crippen molar-refractivity contribution in [3.63, 3.8) is 0 Å². The first-order chi connectivity index (χ1) is 17.9. The van der Waals surface area contributed by atoms with Crippen LogP contribution >= 0.6 is 0 Å². The van der Waals surface area contributed by atoms with E-state index in [-0.39, 0.29) is 5.91 Å². The smallest absolute Gasteiger partial charge is 0.280 e. The molecule has 1 aromatic carbocycles. The molecule has 1 fully saturated rings. The van der Waals surface area contributed by atoms with Crippen LogP contribution in [-0.4, -0.2) is 39.8 Å². The predicted molar refractivity (Wildman–Crippen MR) is 146 cm³/mol. The highest BCUT2D eigenvalue weighted by Gasteiger charge is 2.30. The van der Waals surface area contributed by atoms with Gasteiger partial charge in [-0.25, -0.2) is 4.68 Å². The fraction of sp³-hybridized carbons (Fsp3) is 0.448. The van der Waals surface area contributed by atoms with Gasteiger partial charge in [0.25, 0.3) is 5.91 Å². The van der Waals surface area contributed by atoms with E-state index in [9.17, 15) is 4.79 Å². The minimum absolute atomic E-state index is 0.274. The van der Waals surface area contributed by atoms with Gasteiger partial charge in [-0.2, -0.15) is 10.1 Å². The van der Waals surface area contributed by atoms with E-state index in [2.05, 4.69) is 59.3 Å². The Kier molecular flexibility index (Phi) is 5.97. The third-order valence-corrected chi connectivity index (χ3v) is 7.51. The van der Waals surface area contributed by atoms with Gasteiger partial charge >= 0.3 is 0 Å². The maximum atomic E-state index is 13.6. The number of carbonyl (C=O) groups excluding carboxylic acids is 1. The molecule has 8 heteroatoms. The molecular formula is C29H34N6O2. The first-order valence-corrected chi connectivity index (χ1v) is 13.4. The van der Waals surface area contributed by atoms with E-state index in [1.54, 1.807) is 10.9 Å². The maximum absolute atomic E-state index is 13.6. The van der Waals surface area contributed by atoms with Crippen LogP contribution in [0.25, 0.3) is 11.3 Å². The minimum atomic E-state index is -0.274. The van der Waals surface area contributed by atoms with Crippen molar-refractivity contribution in [2.24, 2.45) is 18.0 Å². The van der Waals surface area contributed by atoms with E-state index in [1.807, 2.05) is 19.2 Å². The van der Waals surface area contributed by atoms with Gasteiger partial charge in [-0.05, 0) is 67.3 Å². The van der Waals surface area contributed by atoms with E-state index >= 15 is 0 Å². The molecule has 1 amide bonds. The van der Waals surface area contributed by atoms with Crippen molar-refractivity contribution in [3.8, 4) is 17.1 Å². The molecule has 0 radical (unpaired) electrons. The molecule has 3 aliphatic rings. The van der Waals surface area contributed by atoms with Gasteiger partial charge in [0.2, 0.25) is 11.8 Å². The molecule has 2 bridgehead atoms. The zero-order valence-corrected chi connectivity index (χ0v) is 22.0. The summed E-state index contributed by atoms with van der Waals surface area (Å²) in [6.07, 6.45) is 5.87. The second-order valence-corrected chi connectivity index (χ2v) is 10.9. The second-order valence-electron chi connectivity index (χ2n) is 10.9. The molecule has 37 heavy (non-hydrogen) atoms. The highest BCUT2D eigenvalue weighted by atomic mass is 16.5. The van der Waals surface area contributed by atoms with Crippen LogP contribution in [0.3, 0.4) is 0 Å². The molecule has 3 aromatic rings. The number of aromatic nitrogens is 3. The molecule has 2 aromatic heterocycles. The van der Waals surface area contributed by atoms with Crippen LogP contribution in [0.5, 0.6) is 5.88 Å². The largest absolute Gasteiger partial charge is 0.477 e. The Morgan fingerprint density at radius 2 is 1.97 bits per heavy atom. The fourth-order valence-electron chi connectivity index (χ4n) is 5.15. The predicted octanol–water partition coefficient (Wildman–Crippen LogP) is 5.72. The number of guanidine groups is 1. The standard InChI is InChI=1S/C29H34N6O2/c1-17(2)20-9-10-23-26(14-20)35-16-18(3)6-5-11-37-28-22(15-30-34(28)4)25-13-21(27(36)33-29(35)32-23)12-24(31-25)19-7-8-19/h9-10,12-15,17-19H,5-8,11,16H2,1-4H3,(H,32,33,36)/t18-/m1/s1. The van der Waals surface area contributed by atoms with Gasteiger partial charge in [0.05, 0.1) is 35.4 Å². The average molecular weight is 499 g/mol. The number of ether oxygens (including phenoxy) is 1. The molecule has 1 aliphatic carbocycles. The van der Waals surface area contributed by atoms with Gasteiger partial charge in [-0.3, -0.25) is 9.78 Å². The second kappa shape index (κ2) is 9.32. The lowest BCUT2D eigenvalue weighted by atomic mass is 10.0. The third kappa shape index (κ3) is 4.61. The number of hydrogen-bond donors (Lipinski definition) is 1. The van der Waals surface area contributed by atoms with Crippen LogP contribution in [0.15, 0.2) is 41.5 Å². The van der Waals surface area contributed by atoms with Gasteiger partial charge in [0, 0.05) is 30.8 Å². The van der Waals surface area contributed by atoms with Gasteiger partial charge in [0.1, 0.15) is 0 Å². The normalized spacial score (nSPS) is 21.1. The number of hydrogen-bond acceptors (Lipinski definition) is 6. The highest BCUT2D eigenvalue weighted by molar-refractivity contribution is 6.19. The number of nitrogens with zero attached hydrogens (tertiary/aromatic N) is 5. The SMILES string of the molecule is CC(C)c1ccc2c(c1)N1C[C@H](C)CCCOc3c(cnn3C)-c3cc(cc(C4CC4)n3)C(=O)/N=C/1N2. The summed E-state index contributed by atoms with van der Waals surface area (Å²) in [6.45, 7) is 8.00. The fourth-order valence-corrected chi connectivity index (χ4v) is 5.15. The molecule has 2 aliphatic heterocycles. The number of aliphatic imine (C=N–C) groups is 1. The molecule has 0 unspecified atom stereocenters. The van der Waals surface area contributed by atoms with Crippen LogP contribution < -0.4 is 15.0 Å². The van der Waals surface area contributed by atoms with Crippen molar-refractivity contribution in [1.82, 2.24) is 14.8 Å². The molecule has 8 nitrogen and oxygen atoms in total. The molecule has 1 saturated carbocycles. The summed E-state index contributed by atoms with van der Waals surface area (Å²) in [4.78, 5) is 25.4. The molecule has 0 spiro atoms. The first kappa shape index (κ1) is 23.7. The third-order valence-electron chi connectivity index (χ3n) is 7.51. The molecule has 1 N–H and O–H groups in total. The number of anilines is 2. The van der Waals surface area contributed by atoms with Gasteiger partial charge < -0.3 is 15.0 Å². The lowest BCUT2D eigenvalue weighted by Gasteiger charge is -2.23. The first-order valence-electron chi connectivity index (χ1n) is 13.4. The van der Waals surface area contributed by atoms with Crippen LogP contribution in [0.4, 0.5) is 11.4 Å². The number of carbonyl (C=O) groups is 1. The summed E-state index contributed by atoms with van der Waals surface area (Å²) in [5.74, 6) is 2.18. The molecular weight excluding hydrogens is 464 g/mol. The summed E-state index contributed by atoms with van der Waals surface area (Å²) in [5.41, 5.74) is 6.33. The Balaban J connectivity index is 1.45. The van der Waals surface area contributed by atoms with E-state index in [4.69, 9.17) is 9.72 Å². The monoisotopic (exact) mass is 498 g/mol. The summed E-state index contributed by atoms with van der Waals surface area (Å²) in [6, 6.07) is 10.2. The molecule has 6 rings (SSSR count). The zero-order chi connectivity index (χ0) is 25.7. The van der Waals surface area contributed by atoms with Crippen LogP contribution in [-0.2, 0) is 7.05 Å². The number of nitrogens with one attached hydrogen (secondary N) is 1. The molecule has 1 atom stereocenters. The summed E-state index contributed by atoms with van der Waals surface area (Å²) < 4.78 is 7.97. The molecule has 4 heterocycles. The Labute approximate surface area is 217 Å². The van der Waals surface area contributed by atoms with Crippen molar-refractivity contribution in [3.05, 3.63) is 53.3 Å². The Morgan fingerprint density at radius 1 is 1.14 bits per heavy atom. The topological polar surface area (TPSA) is 84.6 Å². The van der Waals surface area contributed by atoms with Crippen molar-refractivity contribution in [2.45, 2.75) is 58.3 Å². The number of fused-ring (bicyclic) bond motifs is 7. The highest BCUT2D eigenvalue weighted by Crippen LogP contribution is 2.41. The van der Waals surface area contributed by atoms with E-state index in [0.29, 0.717) is 47.5 Å². The molecule has 0 saturated heterocycles. The number of aryl methyl sites for hydroxylation is 1. The lowest BCUT2D eigenvalue weighted by Crippen LogP contribution is -2.35. The Morgan fingerprint density at radius 3 is 2.76 bits per heavy atom. The van der Waals surface area contributed by atoms with Crippen LogP contribution in [0.2, 0.25) is 0 Å². The Bertz CT molecular complexity index is 1390. The average Bonchev–Trinajstić information content (AvgIpc) is 3.60. The van der Waals surface area contributed by atoms with E-state index < -0.39 is 0 Å². The molecule has 192 valence electrons.